The Morgan fingerprint density at radius 1 is 1.26 bits per heavy atom. The van der Waals surface area contributed by atoms with E-state index in [2.05, 4.69) is 34.3 Å². The Morgan fingerprint density at radius 2 is 2.00 bits per heavy atom. The number of rotatable bonds is 5. The van der Waals surface area contributed by atoms with E-state index < -0.39 is 0 Å². The SMILES string of the molecule is Cc1noc(C)c1C1CCCN1Cc1ccc(OC(C)C)cc1. The lowest BCUT2D eigenvalue weighted by molar-refractivity contribution is 0.240. The summed E-state index contributed by atoms with van der Waals surface area (Å²) in [5.74, 6) is 1.90. The topological polar surface area (TPSA) is 38.5 Å². The van der Waals surface area contributed by atoms with E-state index in [1.165, 1.54) is 24.0 Å². The predicted molar refractivity (Wildman–Crippen MR) is 90.6 cm³/mol. The minimum absolute atomic E-state index is 0.211. The number of likely N-dealkylation sites (tertiary alicyclic amines) is 1. The summed E-state index contributed by atoms with van der Waals surface area (Å²) < 4.78 is 11.1. The van der Waals surface area contributed by atoms with Crippen LogP contribution < -0.4 is 4.74 Å². The molecule has 23 heavy (non-hydrogen) atoms. The molecule has 0 N–H and O–H groups in total. The first-order valence-corrected chi connectivity index (χ1v) is 8.47. The van der Waals surface area contributed by atoms with Crippen molar-refractivity contribution in [2.24, 2.45) is 0 Å². The molecule has 1 aliphatic heterocycles. The monoisotopic (exact) mass is 314 g/mol. The van der Waals surface area contributed by atoms with Gasteiger partial charge < -0.3 is 9.26 Å². The van der Waals surface area contributed by atoms with Crippen molar-refractivity contribution in [3.05, 3.63) is 46.8 Å². The highest BCUT2D eigenvalue weighted by molar-refractivity contribution is 5.29. The van der Waals surface area contributed by atoms with Crippen LogP contribution in [0.5, 0.6) is 5.75 Å². The highest BCUT2D eigenvalue weighted by Gasteiger charge is 2.30. The molecule has 1 aliphatic rings. The van der Waals surface area contributed by atoms with Gasteiger partial charge in [-0.3, -0.25) is 4.90 Å². The van der Waals surface area contributed by atoms with Crippen molar-refractivity contribution < 1.29 is 9.26 Å². The van der Waals surface area contributed by atoms with Crippen LogP contribution in [-0.2, 0) is 6.54 Å². The molecule has 1 atom stereocenters. The Hall–Kier alpha value is -1.81. The normalized spacial score (nSPS) is 18.7. The molecule has 1 aromatic heterocycles. The molecule has 0 spiro atoms. The van der Waals surface area contributed by atoms with Crippen molar-refractivity contribution in [1.29, 1.82) is 0 Å². The Bertz CT molecular complexity index is 626. The summed E-state index contributed by atoms with van der Waals surface area (Å²) in [5, 5.41) is 4.12. The minimum Gasteiger partial charge on any atom is -0.491 e. The summed E-state index contributed by atoms with van der Waals surface area (Å²) in [5.41, 5.74) is 3.63. The van der Waals surface area contributed by atoms with E-state index in [1.807, 2.05) is 27.7 Å². The van der Waals surface area contributed by atoms with Gasteiger partial charge in [0.25, 0.3) is 0 Å². The molecule has 0 saturated carbocycles. The van der Waals surface area contributed by atoms with Gasteiger partial charge in [0, 0.05) is 18.2 Å². The molecule has 1 unspecified atom stereocenters. The van der Waals surface area contributed by atoms with Gasteiger partial charge in [0.15, 0.2) is 0 Å². The molecular formula is C19H26N2O2. The van der Waals surface area contributed by atoms with Gasteiger partial charge in [0.05, 0.1) is 11.8 Å². The fraction of sp³-hybridized carbons (Fsp3) is 0.526. The summed E-state index contributed by atoms with van der Waals surface area (Å²) in [4.78, 5) is 2.53. The Morgan fingerprint density at radius 3 is 2.61 bits per heavy atom. The number of hydrogen-bond donors (Lipinski definition) is 0. The van der Waals surface area contributed by atoms with E-state index >= 15 is 0 Å². The predicted octanol–water partition coefficient (Wildman–Crippen LogP) is 4.42. The van der Waals surface area contributed by atoms with Crippen molar-refractivity contribution in [2.45, 2.75) is 59.2 Å². The maximum absolute atomic E-state index is 5.72. The molecular weight excluding hydrogens is 288 g/mol. The van der Waals surface area contributed by atoms with Crippen LogP contribution in [0.4, 0.5) is 0 Å². The van der Waals surface area contributed by atoms with E-state index in [1.54, 1.807) is 0 Å². The smallest absolute Gasteiger partial charge is 0.138 e. The molecule has 4 nitrogen and oxygen atoms in total. The van der Waals surface area contributed by atoms with Gasteiger partial charge in [0.1, 0.15) is 11.5 Å². The van der Waals surface area contributed by atoms with E-state index in [0.717, 1.165) is 30.3 Å². The lowest BCUT2D eigenvalue weighted by Crippen LogP contribution is -2.23. The second kappa shape index (κ2) is 6.75. The first-order chi connectivity index (χ1) is 11.0. The standard InChI is InChI=1S/C19H26N2O2/c1-13(2)22-17-9-7-16(8-10-17)12-21-11-5-6-18(21)19-14(3)20-23-15(19)4/h7-10,13,18H,5-6,11-12H2,1-4H3. The summed E-state index contributed by atoms with van der Waals surface area (Å²) in [7, 11) is 0. The molecule has 0 aliphatic carbocycles. The fourth-order valence-corrected chi connectivity index (χ4v) is 3.49. The average molecular weight is 314 g/mol. The quantitative estimate of drug-likeness (QED) is 0.819. The maximum atomic E-state index is 5.72. The van der Waals surface area contributed by atoms with Crippen molar-refractivity contribution in [3.63, 3.8) is 0 Å². The van der Waals surface area contributed by atoms with Crippen LogP contribution in [-0.4, -0.2) is 22.7 Å². The summed E-state index contributed by atoms with van der Waals surface area (Å²) in [6.07, 6.45) is 2.61. The first-order valence-electron chi connectivity index (χ1n) is 8.47. The molecule has 1 saturated heterocycles. The Kier molecular flexibility index (Phi) is 4.71. The second-order valence-electron chi connectivity index (χ2n) is 6.68. The van der Waals surface area contributed by atoms with Crippen molar-refractivity contribution in [2.75, 3.05) is 6.54 Å². The minimum atomic E-state index is 0.211. The molecule has 1 aromatic carbocycles. The third kappa shape index (κ3) is 3.58. The molecule has 4 heteroatoms. The molecule has 1 fully saturated rings. The zero-order chi connectivity index (χ0) is 16.4. The lowest BCUT2D eigenvalue weighted by atomic mass is 10.0. The van der Waals surface area contributed by atoms with Crippen LogP contribution in [0.15, 0.2) is 28.8 Å². The third-order valence-corrected chi connectivity index (χ3v) is 4.47. The van der Waals surface area contributed by atoms with Crippen LogP contribution in [0.2, 0.25) is 0 Å². The molecule has 2 heterocycles. The van der Waals surface area contributed by atoms with Crippen LogP contribution in [0.1, 0.15) is 55.3 Å². The Balaban J connectivity index is 1.72. The lowest BCUT2D eigenvalue weighted by Gasteiger charge is -2.24. The maximum Gasteiger partial charge on any atom is 0.138 e. The highest BCUT2D eigenvalue weighted by atomic mass is 16.5. The van der Waals surface area contributed by atoms with E-state index in [4.69, 9.17) is 9.26 Å². The van der Waals surface area contributed by atoms with Crippen LogP contribution in [0.25, 0.3) is 0 Å². The van der Waals surface area contributed by atoms with Crippen molar-refractivity contribution in [3.8, 4) is 5.75 Å². The van der Waals surface area contributed by atoms with Gasteiger partial charge >= 0.3 is 0 Å². The number of ether oxygens (including phenoxy) is 1. The summed E-state index contributed by atoms with van der Waals surface area (Å²) in [6.45, 7) is 10.2. The van der Waals surface area contributed by atoms with Crippen molar-refractivity contribution in [1.82, 2.24) is 10.1 Å². The van der Waals surface area contributed by atoms with Gasteiger partial charge in [-0.1, -0.05) is 17.3 Å². The summed E-state index contributed by atoms with van der Waals surface area (Å²) in [6, 6.07) is 8.89. The Labute approximate surface area is 138 Å². The van der Waals surface area contributed by atoms with Crippen LogP contribution in [0.3, 0.4) is 0 Å². The summed E-state index contributed by atoms with van der Waals surface area (Å²) >= 11 is 0. The average Bonchev–Trinajstić information content (AvgIpc) is 3.07. The number of nitrogens with zero attached hydrogens (tertiary/aromatic N) is 2. The molecule has 3 rings (SSSR count). The first kappa shape index (κ1) is 16.1. The van der Waals surface area contributed by atoms with Gasteiger partial charge in [0.2, 0.25) is 0 Å². The zero-order valence-corrected chi connectivity index (χ0v) is 14.5. The molecule has 124 valence electrons. The number of hydrogen-bond acceptors (Lipinski definition) is 4. The zero-order valence-electron chi connectivity index (χ0n) is 14.5. The van der Waals surface area contributed by atoms with E-state index in [9.17, 15) is 0 Å². The molecule has 2 aromatic rings. The molecule has 0 radical (unpaired) electrons. The molecule has 0 bridgehead atoms. The number of aromatic nitrogens is 1. The fourth-order valence-electron chi connectivity index (χ4n) is 3.49. The van der Waals surface area contributed by atoms with Gasteiger partial charge in [-0.05, 0) is 64.8 Å². The van der Waals surface area contributed by atoms with Crippen LogP contribution in [0, 0.1) is 13.8 Å². The third-order valence-electron chi connectivity index (χ3n) is 4.47. The van der Waals surface area contributed by atoms with Gasteiger partial charge in [-0.25, -0.2) is 0 Å². The highest BCUT2D eigenvalue weighted by Crippen LogP contribution is 2.36. The van der Waals surface area contributed by atoms with Gasteiger partial charge in [-0.15, -0.1) is 0 Å². The number of aryl methyl sites for hydroxylation is 2. The van der Waals surface area contributed by atoms with Gasteiger partial charge in [-0.2, -0.15) is 0 Å². The van der Waals surface area contributed by atoms with E-state index in [-0.39, 0.29) is 6.10 Å². The largest absolute Gasteiger partial charge is 0.491 e. The molecule has 0 amide bonds. The second-order valence-corrected chi connectivity index (χ2v) is 6.68. The van der Waals surface area contributed by atoms with E-state index in [0.29, 0.717) is 6.04 Å². The van der Waals surface area contributed by atoms with Crippen LogP contribution >= 0.6 is 0 Å². The number of benzene rings is 1. The van der Waals surface area contributed by atoms with Crippen molar-refractivity contribution >= 4 is 0 Å².